The number of amides is 1. The summed E-state index contributed by atoms with van der Waals surface area (Å²) in [5, 5.41) is 26.6. The van der Waals surface area contributed by atoms with Crippen LogP contribution in [-0.4, -0.2) is 64.9 Å². The summed E-state index contributed by atoms with van der Waals surface area (Å²) >= 11 is 0. The van der Waals surface area contributed by atoms with Crippen molar-refractivity contribution in [1.29, 1.82) is 5.26 Å². The third-order valence-electron chi connectivity index (χ3n) is 7.59. The molecule has 14 heteroatoms. The molecule has 3 N–H and O–H groups in total. The van der Waals surface area contributed by atoms with Crippen molar-refractivity contribution in [2.24, 2.45) is 13.0 Å². The van der Waals surface area contributed by atoms with Gasteiger partial charge in [-0.1, -0.05) is 0 Å². The minimum Gasteiger partial charge on any atom is -0.441 e. The number of aromatic amines is 1. The SMILES string of the molecule is Cn1nccc1-c1cnc(Nc2cc([C@H]3OC[C@@H](OC(=O)NC45CC(C4)C5)[C@H]3F)[nH]n2)n2cc(C#N)nc12. The van der Waals surface area contributed by atoms with Gasteiger partial charge in [-0.05, 0) is 31.2 Å². The predicted octanol–water partition coefficient (Wildman–Crippen LogP) is 2.52. The first kappa shape index (κ1) is 22.7. The number of aryl methyl sites for hydroxylation is 1. The van der Waals surface area contributed by atoms with Gasteiger partial charge in [0.15, 0.2) is 29.4 Å². The second-order valence-electron chi connectivity index (χ2n) is 10.1. The fourth-order valence-electron chi connectivity index (χ4n) is 5.56. The lowest BCUT2D eigenvalue weighted by Gasteiger charge is -2.61. The van der Waals surface area contributed by atoms with Gasteiger partial charge in [0.1, 0.15) is 12.2 Å². The van der Waals surface area contributed by atoms with E-state index in [1.807, 2.05) is 12.1 Å². The van der Waals surface area contributed by atoms with Crippen LogP contribution in [0.15, 0.2) is 30.7 Å². The van der Waals surface area contributed by atoms with Crippen LogP contribution < -0.4 is 10.6 Å². The van der Waals surface area contributed by atoms with Gasteiger partial charge in [-0.3, -0.25) is 14.2 Å². The van der Waals surface area contributed by atoms with Crippen molar-refractivity contribution in [3.63, 3.8) is 0 Å². The molecule has 4 fully saturated rings. The lowest BCUT2D eigenvalue weighted by Crippen LogP contribution is -2.68. The first-order valence-electron chi connectivity index (χ1n) is 12.2. The van der Waals surface area contributed by atoms with E-state index >= 15 is 4.39 Å². The third-order valence-corrected chi connectivity index (χ3v) is 7.59. The van der Waals surface area contributed by atoms with Crippen LogP contribution in [0.1, 0.15) is 36.8 Å². The zero-order valence-corrected chi connectivity index (χ0v) is 20.3. The molecule has 3 aliphatic carbocycles. The summed E-state index contributed by atoms with van der Waals surface area (Å²) in [6.07, 6.45) is 3.64. The largest absolute Gasteiger partial charge is 0.441 e. The van der Waals surface area contributed by atoms with Gasteiger partial charge in [0.05, 0.1) is 29.8 Å². The number of carbonyl (C=O) groups excluding carboxylic acids is 1. The Hall–Kier alpha value is -4.51. The van der Waals surface area contributed by atoms with Crippen molar-refractivity contribution in [3.05, 3.63) is 42.1 Å². The van der Waals surface area contributed by atoms with Crippen LogP contribution in [0, 0.1) is 17.2 Å². The maximum atomic E-state index is 15.2. The maximum absolute atomic E-state index is 15.2. The lowest BCUT2D eigenvalue weighted by molar-refractivity contribution is -0.0528. The Kier molecular flexibility index (Phi) is 4.92. The van der Waals surface area contributed by atoms with Crippen molar-refractivity contribution in [2.75, 3.05) is 11.9 Å². The maximum Gasteiger partial charge on any atom is 0.408 e. The molecule has 3 atom stereocenters. The Bertz CT molecular complexity index is 1590. The number of aromatic nitrogens is 7. The number of hydrogen-bond acceptors (Lipinski definition) is 9. The normalized spacial score (nSPS) is 27.4. The van der Waals surface area contributed by atoms with Gasteiger partial charge in [0.25, 0.3) is 0 Å². The number of halogens is 1. The van der Waals surface area contributed by atoms with Gasteiger partial charge in [-0.2, -0.15) is 15.5 Å². The van der Waals surface area contributed by atoms with E-state index < -0.39 is 24.5 Å². The summed E-state index contributed by atoms with van der Waals surface area (Å²) < 4.78 is 29.5. The molecule has 1 amide bonds. The van der Waals surface area contributed by atoms with Gasteiger partial charge in [-0.15, -0.1) is 0 Å². The number of fused-ring (bicyclic) bond motifs is 1. The van der Waals surface area contributed by atoms with Crippen LogP contribution in [0.2, 0.25) is 0 Å². The van der Waals surface area contributed by atoms with E-state index in [0.717, 1.165) is 25.0 Å². The number of nitriles is 1. The minimum atomic E-state index is -1.56. The Labute approximate surface area is 215 Å². The molecule has 1 saturated heterocycles. The molecule has 2 bridgehead atoms. The number of alkyl halides is 1. The molecule has 4 aromatic rings. The van der Waals surface area contributed by atoms with Crippen molar-refractivity contribution in [1.82, 2.24) is 39.7 Å². The average molecular weight is 519 g/mol. The summed E-state index contributed by atoms with van der Waals surface area (Å²) in [6, 6.07) is 5.48. The van der Waals surface area contributed by atoms with Gasteiger partial charge in [0.2, 0.25) is 5.95 Å². The standard InChI is InChI=1S/C24H23FN10O3/c1-34-16(2-3-28-34)14-9-27-22(35-10-13(8-26)29-21(14)35)30-18-4-15(32-33-18)20-19(25)17(11-37-20)38-23(36)31-24-5-12(6-24)7-24/h2-4,9-10,12,17,19-20H,5-7,11H2,1H3,(H,31,36)(H2,27,30,32,33)/t12?,17-,19-,20-,24?/m1/s1. The Morgan fingerprint density at radius 2 is 2.24 bits per heavy atom. The molecule has 0 spiro atoms. The zero-order valence-electron chi connectivity index (χ0n) is 20.3. The molecular weight excluding hydrogens is 495 g/mol. The van der Waals surface area contributed by atoms with Gasteiger partial charge in [0, 0.05) is 31.0 Å². The summed E-state index contributed by atoms with van der Waals surface area (Å²) in [5.74, 6) is 1.42. The molecule has 0 radical (unpaired) electrons. The number of nitrogens with one attached hydrogen (secondary N) is 3. The quantitative estimate of drug-likeness (QED) is 0.348. The Balaban J connectivity index is 1.07. The van der Waals surface area contributed by atoms with E-state index in [-0.39, 0.29) is 17.8 Å². The predicted molar refractivity (Wildman–Crippen MR) is 129 cm³/mol. The van der Waals surface area contributed by atoms with Crippen molar-refractivity contribution < 1.29 is 18.7 Å². The Morgan fingerprint density at radius 3 is 2.95 bits per heavy atom. The number of nitrogens with zero attached hydrogens (tertiary/aromatic N) is 7. The van der Waals surface area contributed by atoms with E-state index in [0.29, 0.717) is 34.6 Å². The highest BCUT2D eigenvalue weighted by molar-refractivity contribution is 5.77. The van der Waals surface area contributed by atoms with Gasteiger partial charge >= 0.3 is 6.09 Å². The number of carbonyl (C=O) groups is 1. The molecular formula is C24H23FN10O3. The van der Waals surface area contributed by atoms with Gasteiger partial charge < -0.3 is 20.1 Å². The van der Waals surface area contributed by atoms with Crippen molar-refractivity contribution >= 4 is 23.5 Å². The Morgan fingerprint density at radius 1 is 1.39 bits per heavy atom. The van der Waals surface area contributed by atoms with Crippen molar-refractivity contribution in [3.8, 4) is 17.3 Å². The highest BCUT2D eigenvalue weighted by Gasteiger charge is 2.58. The average Bonchev–Trinajstić information content (AvgIpc) is 3.64. The molecule has 0 unspecified atom stereocenters. The number of ether oxygens (including phenoxy) is 2. The van der Waals surface area contributed by atoms with Crippen LogP contribution in [0.5, 0.6) is 0 Å². The van der Waals surface area contributed by atoms with E-state index in [4.69, 9.17) is 9.47 Å². The van der Waals surface area contributed by atoms with E-state index in [9.17, 15) is 10.1 Å². The minimum absolute atomic E-state index is 0.0553. The molecule has 8 rings (SSSR count). The summed E-state index contributed by atoms with van der Waals surface area (Å²) in [5.41, 5.74) is 2.46. The fourth-order valence-corrected chi connectivity index (χ4v) is 5.56. The number of alkyl carbamates (subject to hydrolysis) is 1. The second kappa shape index (κ2) is 8.25. The first-order valence-corrected chi connectivity index (χ1v) is 12.2. The highest BCUT2D eigenvalue weighted by atomic mass is 19.1. The second-order valence-corrected chi connectivity index (χ2v) is 10.1. The number of hydrogen-bond donors (Lipinski definition) is 3. The first-order chi connectivity index (χ1) is 18.4. The lowest BCUT2D eigenvalue weighted by atomic mass is 9.50. The molecule has 194 valence electrons. The molecule has 4 aromatic heterocycles. The van der Waals surface area contributed by atoms with E-state index in [1.165, 1.54) is 0 Å². The van der Waals surface area contributed by atoms with Crippen LogP contribution >= 0.6 is 0 Å². The van der Waals surface area contributed by atoms with E-state index in [2.05, 4.69) is 35.9 Å². The number of H-pyrrole nitrogens is 1. The van der Waals surface area contributed by atoms with Gasteiger partial charge in [-0.25, -0.2) is 19.2 Å². The monoisotopic (exact) mass is 518 g/mol. The third kappa shape index (κ3) is 3.58. The summed E-state index contributed by atoms with van der Waals surface area (Å²) in [7, 11) is 1.80. The molecule has 4 aliphatic rings. The van der Waals surface area contributed by atoms with Crippen molar-refractivity contribution in [2.45, 2.75) is 43.2 Å². The molecule has 13 nitrogen and oxygen atoms in total. The molecule has 3 saturated carbocycles. The van der Waals surface area contributed by atoms with Crippen LogP contribution in [0.25, 0.3) is 16.9 Å². The summed E-state index contributed by atoms with van der Waals surface area (Å²) in [4.78, 5) is 21.2. The highest BCUT2D eigenvalue weighted by Crippen LogP contribution is 2.57. The topological polar surface area (TPSA) is 160 Å². The number of rotatable bonds is 6. The molecule has 5 heterocycles. The summed E-state index contributed by atoms with van der Waals surface area (Å²) in [6.45, 7) is -0.0553. The number of imidazole rings is 1. The molecule has 38 heavy (non-hydrogen) atoms. The number of anilines is 2. The molecule has 1 aliphatic heterocycles. The van der Waals surface area contributed by atoms with E-state index in [1.54, 1.807) is 40.8 Å². The zero-order chi connectivity index (χ0) is 26.0. The van der Waals surface area contributed by atoms with Crippen LogP contribution in [-0.2, 0) is 16.5 Å². The smallest absolute Gasteiger partial charge is 0.408 e. The van der Waals surface area contributed by atoms with Crippen LogP contribution in [0.3, 0.4) is 0 Å². The fraction of sp³-hybridized carbons (Fsp3) is 0.417. The van der Waals surface area contributed by atoms with Crippen LogP contribution in [0.4, 0.5) is 21.0 Å². The molecule has 0 aromatic carbocycles.